The van der Waals surface area contributed by atoms with Gasteiger partial charge in [-0.25, -0.2) is 0 Å². The highest BCUT2D eigenvalue weighted by molar-refractivity contribution is 5.78. The number of amides is 1. The summed E-state index contributed by atoms with van der Waals surface area (Å²) in [5, 5.41) is 0. The number of rotatable bonds is 5. The van der Waals surface area contributed by atoms with Gasteiger partial charge in [-0.1, -0.05) is 12.8 Å². The first-order valence-corrected chi connectivity index (χ1v) is 6.80. The molecule has 0 bridgehead atoms. The van der Waals surface area contributed by atoms with E-state index in [0.717, 1.165) is 12.8 Å². The summed E-state index contributed by atoms with van der Waals surface area (Å²) in [4.78, 5) is 14.1. The summed E-state index contributed by atoms with van der Waals surface area (Å²) in [5.41, 5.74) is 0. The summed E-state index contributed by atoms with van der Waals surface area (Å²) in [5.74, 6) is 0.0892. The molecule has 1 amide bonds. The van der Waals surface area contributed by atoms with Crippen molar-refractivity contribution in [1.82, 2.24) is 4.90 Å². The normalized spacial score (nSPS) is 27.9. The molecular weight excluding hydrogens is 234 g/mol. The predicted molar refractivity (Wildman–Crippen MR) is 66.4 cm³/mol. The van der Waals surface area contributed by atoms with Gasteiger partial charge in [0.15, 0.2) is 0 Å². The Morgan fingerprint density at radius 1 is 1.33 bits per heavy atom. The minimum absolute atomic E-state index is 0.0892. The van der Waals surface area contributed by atoms with Gasteiger partial charge in [-0.2, -0.15) is 0 Å². The molecule has 2 rings (SSSR count). The molecule has 0 aromatic rings. The quantitative estimate of drug-likeness (QED) is 0.684. The maximum Gasteiger partial charge on any atom is 0.248 e. The Bertz CT molecular complexity index is 270. The number of ether oxygens (including phenoxy) is 3. The van der Waals surface area contributed by atoms with E-state index in [9.17, 15) is 4.79 Å². The van der Waals surface area contributed by atoms with E-state index in [0.29, 0.717) is 26.4 Å². The smallest absolute Gasteiger partial charge is 0.248 e. The molecule has 2 fully saturated rings. The molecule has 1 saturated heterocycles. The van der Waals surface area contributed by atoms with E-state index in [2.05, 4.69) is 0 Å². The minimum atomic E-state index is 0.0892. The molecule has 104 valence electrons. The van der Waals surface area contributed by atoms with Crippen molar-refractivity contribution in [2.24, 2.45) is 0 Å². The van der Waals surface area contributed by atoms with Crippen LogP contribution in [0.1, 0.15) is 25.7 Å². The van der Waals surface area contributed by atoms with Gasteiger partial charge in [0.05, 0.1) is 32.0 Å². The van der Waals surface area contributed by atoms with Crippen LogP contribution >= 0.6 is 0 Å². The van der Waals surface area contributed by atoms with Gasteiger partial charge >= 0.3 is 0 Å². The van der Waals surface area contributed by atoms with E-state index < -0.39 is 0 Å². The molecule has 18 heavy (non-hydrogen) atoms. The number of morpholine rings is 1. The maximum absolute atomic E-state index is 12.1. The van der Waals surface area contributed by atoms with Crippen molar-refractivity contribution < 1.29 is 19.0 Å². The lowest BCUT2D eigenvalue weighted by atomic mass is 9.90. The van der Waals surface area contributed by atoms with E-state index in [1.54, 1.807) is 7.11 Å². The maximum atomic E-state index is 12.1. The Morgan fingerprint density at radius 3 is 3.00 bits per heavy atom. The fourth-order valence-corrected chi connectivity index (χ4v) is 2.79. The summed E-state index contributed by atoms with van der Waals surface area (Å²) in [6, 6.07) is 0.269. The lowest BCUT2D eigenvalue weighted by molar-refractivity contribution is -0.154. The Morgan fingerprint density at radius 2 is 2.17 bits per heavy atom. The van der Waals surface area contributed by atoms with Crippen LogP contribution in [0.3, 0.4) is 0 Å². The average Bonchev–Trinajstić information content (AvgIpc) is 2.43. The van der Waals surface area contributed by atoms with Crippen LogP contribution in [0.15, 0.2) is 0 Å². The van der Waals surface area contributed by atoms with E-state index in [1.165, 1.54) is 12.8 Å². The van der Waals surface area contributed by atoms with Crippen molar-refractivity contribution in [2.75, 3.05) is 40.1 Å². The van der Waals surface area contributed by atoms with Crippen LogP contribution < -0.4 is 0 Å². The highest BCUT2D eigenvalue weighted by Gasteiger charge is 2.36. The third-order valence-electron chi connectivity index (χ3n) is 3.71. The van der Waals surface area contributed by atoms with Crippen molar-refractivity contribution in [1.29, 1.82) is 0 Å². The zero-order valence-electron chi connectivity index (χ0n) is 11.1. The number of nitrogens with zero attached hydrogens (tertiary/aromatic N) is 1. The van der Waals surface area contributed by atoms with Gasteiger partial charge in [-0.15, -0.1) is 0 Å². The zero-order valence-corrected chi connectivity index (χ0v) is 11.1. The molecule has 1 aliphatic heterocycles. The van der Waals surface area contributed by atoms with Gasteiger partial charge in [-0.05, 0) is 12.8 Å². The van der Waals surface area contributed by atoms with Crippen LogP contribution in [-0.4, -0.2) is 63.0 Å². The number of carbonyl (C=O) groups excluding carboxylic acids is 1. The number of hydrogen-bond acceptors (Lipinski definition) is 4. The second-order valence-electron chi connectivity index (χ2n) is 4.89. The van der Waals surface area contributed by atoms with Crippen LogP contribution in [0.25, 0.3) is 0 Å². The largest absolute Gasteiger partial charge is 0.382 e. The van der Waals surface area contributed by atoms with Gasteiger partial charge in [0.1, 0.15) is 6.61 Å². The van der Waals surface area contributed by atoms with Crippen molar-refractivity contribution in [3.8, 4) is 0 Å². The van der Waals surface area contributed by atoms with E-state index >= 15 is 0 Å². The number of carbonyl (C=O) groups is 1. The first-order valence-electron chi connectivity index (χ1n) is 6.80. The second-order valence-corrected chi connectivity index (χ2v) is 4.89. The minimum Gasteiger partial charge on any atom is -0.382 e. The number of methoxy groups -OCH3 is 1. The molecule has 1 saturated carbocycles. The molecule has 5 nitrogen and oxygen atoms in total. The van der Waals surface area contributed by atoms with Gasteiger partial charge in [0.25, 0.3) is 0 Å². The topological polar surface area (TPSA) is 48.0 Å². The fraction of sp³-hybridized carbons (Fsp3) is 0.923. The standard InChI is InChI=1S/C13H23NO4/c1-16-8-9-17-10-13(15)14-6-7-18-12-5-3-2-4-11(12)14/h11-12H,2-10H2,1H3/t11-,12-/m1/s1. The number of hydrogen-bond donors (Lipinski definition) is 0. The van der Waals surface area contributed by atoms with Crippen LogP contribution in [0.4, 0.5) is 0 Å². The Labute approximate surface area is 108 Å². The third-order valence-corrected chi connectivity index (χ3v) is 3.71. The Kier molecular flexibility index (Phi) is 5.41. The van der Waals surface area contributed by atoms with Gasteiger partial charge in [0, 0.05) is 13.7 Å². The highest BCUT2D eigenvalue weighted by atomic mass is 16.5. The summed E-state index contributed by atoms with van der Waals surface area (Å²) in [7, 11) is 1.62. The second kappa shape index (κ2) is 7.07. The lowest BCUT2D eigenvalue weighted by Crippen LogP contribution is -2.55. The summed E-state index contributed by atoms with van der Waals surface area (Å²) in [6.45, 7) is 2.52. The summed E-state index contributed by atoms with van der Waals surface area (Å²) < 4.78 is 15.9. The van der Waals surface area contributed by atoms with E-state index in [4.69, 9.17) is 14.2 Å². The predicted octanol–water partition coefficient (Wildman–Crippen LogP) is 0.819. The zero-order chi connectivity index (χ0) is 12.8. The molecule has 1 aliphatic carbocycles. The van der Waals surface area contributed by atoms with Gasteiger partial charge in [0.2, 0.25) is 5.91 Å². The van der Waals surface area contributed by atoms with Crippen LogP contribution in [0.2, 0.25) is 0 Å². The van der Waals surface area contributed by atoms with Gasteiger partial charge in [-0.3, -0.25) is 4.79 Å². The molecule has 2 atom stereocenters. The number of fused-ring (bicyclic) bond motifs is 1. The third kappa shape index (κ3) is 3.43. The van der Waals surface area contributed by atoms with E-state index in [-0.39, 0.29) is 24.7 Å². The lowest BCUT2D eigenvalue weighted by Gasteiger charge is -2.43. The van der Waals surface area contributed by atoms with Crippen LogP contribution in [0, 0.1) is 0 Å². The molecule has 0 spiro atoms. The molecule has 0 radical (unpaired) electrons. The summed E-state index contributed by atoms with van der Waals surface area (Å²) >= 11 is 0. The SMILES string of the molecule is COCCOCC(=O)N1CCO[C@@H]2CCCC[C@H]21. The van der Waals surface area contributed by atoms with Crippen molar-refractivity contribution >= 4 is 5.91 Å². The first kappa shape index (κ1) is 13.8. The Balaban J connectivity index is 1.80. The summed E-state index contributed by atoms with van der Waals surface area (Å²) in [6.07, 6.45) is 4.80. The Hall–Kier alpha value is -0.650. The monoisotopic (exact) mass is 257 g/mol. The molecular formula is C13H23NO4. The van der Waals surface area contributed by atoms with Gasteiger partial charge < -0.3 is 19.1 Å². The van der Waals surface area contributed by atoms with Crippen LogP contribution in [-0.2, 0) is 19.0 Å². The molecule has 0 N–H and O–H groups in total. The average molecular weight is 257 g/mol. The van der Waals surface area contributed by atoms with Crippen molar-refractivity contribution in [3.05, 3.63) is 0 Å². The molecule has 0 aromatic heterocycles. The first-order chi connectivity index (χ1) is 8.83. The fourth-order valence-electron chi connectivity index (χ4n) is 2.79. The van der Waals surface area contributed by atoms with Crippen molar-refractivity contribution in [3.63, 3.8) is 0 Å². The molecule has 2 aliphatic rings. The molecule has 1 heterocycles. The van der Waals surface area contributed by atoms with E-state index in [1.807, 2.05) is 4.90 Å². The molecule has 5 heteroatoms. The highest BCUT2D eigenvalue weighted by Crippen LogP contribution is 2.28. The molecule has 0 aromatic carbocycles. The van der Waals surface area contributed by atoms with Crippen molar-refractivity contribution in [2.45, 2.75) is 37.8 Å². The van der Waals surface area contributed by atoms with Crippen LogP contribution in [0.5, 0.6) is 0 Å². The molecule has 0 unspecified atom stereocenters.